The highest BCUT2D eigenvalue weighted by atomic mass is 32.2. The normalized spacial score (nSPS) is 10.7. The van der Waals surface area contributed by atoms with E-state index in [1.54, 1.807) is 16.7 Å². The van der Waals surface area contributed by atoms with Gasteiger partial charge in [-0.15, -0.1) is 5.10 Å². The van der Waals surface area contributed by atoms with Crippen LogP contribution in [0.15, 0.2) is 34.2 Å². The number of aromatic nitrogens is 3. The Labute approximate surface area is 120 Å². The largest absolute Gasteiger partial charge is 0.494 e. The molecular formula is C13H16FN3O2S. The topological polar surface area (TPSA) is 59.9 Å². The molecule has 5 nitrogen and oxygen atoms in total. The van der Waals surface area contributed by atoms with Crippen molar-refractivity contribution >= 4 is 11.8 Å². The van der Waals surface area contributed by atoms with Gasteiger partial charge >= 0.3 is 5.69 Å². The molecule has 0 amide bonds. The first kappa shape index (κ1) is 14.6. The van der Waals surface area contributed by atoms with E-state index in [1.807, 2.05) is 6.92 Å². The summed E-state index contributed by atoms with van der Waals surface area (Å²) >= 11 is 1.51. The molecule has 0 atom stereocenters. The Morgan fingerprint density at radius 3 is 2.85 bits per heavy atom. The molecule has 2 aromatic rings. The number of benzene rings is 1. The molecule has 0 fully saturated rings. The molecule has 1 aromatic heterocycles. The molecule has 0 bridgehead atoms. The number of thioether (sulfide) groups is 1. The van der Waals surface area contributed by atoms with Gasteiger partial charge in [0.25, 0.3) is 0 Å². The predicted octanol–water partition coefficient (Wildman–Crippen LogP) is 2.29. The number of hydrogen-bond donors (Lipinski definition) is 1. The quantitative estimate of drug-likeness (QED) is 0.629. The second kappa shape index (κ2) is 7.14. The van der Waals surface area contributed by atoms with E-state index in [2.05, 4.69) is 10.2 Å². The van der Waals surface area contributed by atoms with Crippen molar-refractivity contribution in [3.05, 3.63) is 40.6 Å². The number of halogens is 1. The van der Waals surface area contributed by atoms with Crippen LogP contribution >= 0.6 is 11.8 Å². The minimum Gasteiger partial charge on any atom is -0.494 e. The first-order valence-electron chi connectivity index (χ1n) is 6.37. The van der Waals surface area contributed by atoms with Crippen molar-refractivity contribution in [2.24, 2.45) is 0 Å². The lowest BCUT2D eigenvalue weighted by Crippen LogP contribution is -2.16. The maximum absolute atomic E-state index is 12.7. The summed E-state index contributed by atoms with van der Waals surface area (Å²) < 4.78 is 19.8. The predicted molar refractivity (Wildman–Crippen MR) is 75.8 cm³/mol. The minimum atomic E-state index is -0.274. The molecule has 0 saturated carbocycles. The van der Waals surface area contributed by atoms with Gasteiger partial charge in [-0.3, -0.25) is 4.57 Å². The molecule has 7 heteroatoms. The summed E-state index contributed by atoms with van der Waals surface area (Å²) in [4.78, 5) is 11.3. The number of rotatable bonds is 7. The maximum Gasteiger partial charge on any atom is 0.343 e. The zero-order valence-corrected chi connectivity index (χ0v) is 12.0. The van der Waals surface area contributed by atoms with Gasteiger partial charge in [0.2, 0.25) is 0 Å². The van der Waals surface area contributed by atoms with E-state index >= 15 is 0 Å². The Kier molecular flexibility index (Phi) is 5.23. The van der Waals surface area contributed by atoms with Gasteiger partial charge in [0, 0.05) is 12.3 Å². The van der Waals surface area contributed by atoms with Gasteiger partial charge < -0.3 is 4.74 Å². The zero-order valence-electron chi connectivity index (χ0n) is 11.1. The first-order chi connectivity index (χ1) is 9.70. The fourth-order valence-corrected chi connectivity index (χ4v) is 2.56. The highest BCUT2D eigenvalue weighted by Gasteiger charge is 2.06. The maximum atomic E-state index is 12.7. The van der Waals surface area contributed by atoms with E-state index in [9.17, 15) is 9.18 Å². The van der Waals surface area contributed by atoms with Crippen molar-refractivity contribution < 1.29 is 9.13 Å². The van der Waals surface area contributed by atoms with Crippen LogP contribution in [-0.2, 0) is 6.54 Å². The van der Waals surface area contributed by atoms with Crippen LogP contribution in [0.1, 0.15) is 13.3 Å². The van der Waals surface area contributed by atoms with Crippen LogP contribution in [0.25, 0.3) is 0 Å². The molecule has 1 aromatic carbocycles. The number of hydrogen-bond acceptors (Lipinski definition) is 4. The van der Waals surface area contributed by atoms with Crippen LogP contribution < -0.4 is 10.4 Å². The molecule has 0 aliphatic rings. The number of aromatic amines is 1. The summed E-state index contributed by atoms with van der Waals surface area (Å²) in [7, 11) is 0. The monoisotopic (exact) mass is 297 g/mol. The molecule has 0 radical (unpaired) electrons. The van der Waals surface area contributed by atoms with Crippen LogP contribution in [0, 0.1) is 5.82 Å². The lowest BCUT2D eigenvalue weighted by Gasteiger charge is -2.05. The summed E-state index contributed by atoms with van der Waals surface area (Å²) in [5.41, 5.74) is -0.183. The van der Waals surface area contributed by atoms with Gasteiger partial charge in [0.05, 0.1) is 6.61 Å². The van der Waals surface area contributed by atoms with Crippen molar-refractivity contribution in [2.45, 2.75) is 25.0 Å². The third-order valence-electron chi connectivity index (χ3n) is 2.64. The molecule has 0 saturated heterocycles. The van der Waals surface area contributed by atoms with Crippen molar-refractivity contribution in [1.82, 2.24) is 14.8 Å². The Morgan fingerprint density at radius 2 is 2.15 bits per heavy atom. The van der Waals surface area contributed by atoms with E-state index in [0.29, 0.717) is 24.1 Å². The smallest absolute Gasteiger partial charge is 0.343 e. The molecule has 1 heterocycles. The van der Waals surface area contributed by atoms with E-state index in [0.717, 1.165) is 12.2 Å². The van der Waals surface area contributed by atoms with Crippen LogP contribution in [0.5, 0.6) is 5.75 Å². The lowest BCUT2D eigenvalue weighted by atomic mass is 10.3. The molecule has 108 valence electrons. The number of ether oxygens (including phenoxy) is 1. The second-order valence-electron chi connectivity index (χ2n) is 4.06. The molecule has 0 unspecified atom stereocenters. The van der Waals surface area contributed by atoms with Crippen molar-refractivity contribution in [3.8, 4) is 5.75 Å². The van der Waals surface area contributed by atoms with Crippen molar-refractivity contribution in [1.29, 1.82) is 0 Å². The summed E-state index contributed by atoms with van der Waals surface area (Å²) in [6, 6.07) is 5.94. The fourth-order valence-electron chi connectivity index (χ4n) is 1.64. The second-order valence-corrected chi connectivity index (χ2v) is 5.12. The zero-order chi connectivity index (χ0) is 14.4. The SMILES string of the molecule is CCn1c(SCCCOc2ccc(F)cc2)n[nH]c1=O. The average molecular weight is 297 g/mol. The van der Waals surface area contributed by atoms with Gasteiger partial charge in [-0.25, -0.2) is 14.3 Å². The third-order valence-corrected chi connectivity index (χ3v) is 3.70. The van der Waals surface area contributed by atoms with E-state index in [1.165, 1.54) is 23.9 Å². The molecule has 0 spiro atoms. The van der Waals surface area contributed by atoms with Crippen LogP contribution in [0.3, 0.4) is 0 Å². The molecule has 20 heavy (non-hydrogen) atoms. The first-order valence-corrected chi connectivity index (χ1v) is 7.35. The number of H-pyrrole nitrogens is 1. The lowest BCUT2D eigenvalue weighted by molar-refractivity contribution is 0.318. The van der Waals surface area contributed by atoms with Gasteiger partial charge in [0.1, 0.15) is 11.6 Å². The van der Waals surface area contributed by atoms with Gasteiger partial charge in [0.15, 0.2) is 5.16 Å². The summed E-state index contributed by atoms with van der Waals surface area (Å²) in [6.07, 6.45) is 0.812. The standard InChI is InChI=1S/C13H16FN3O2S/c1-2-17-12(18)15-16-13(17)20-9-3-8-19-11-6-4-10(14)5-7-11/h4-7H,2-3,8-9H2,1H3,(H,15,18). The molecule has 0 aliphatic carbocycles. The Hall–Kier alpha value is -1.76. The Morgan fingerprint density at radius 1 is 1.40 bits per heavy atom. The van der Waals surface area contributed by atoms with Gasteiger partial charge in [-0.2, -0.15) is 0 Å². The van der Waals surface area contributed by atoms with Crippen LogP contribution in [0.2, 0.25) is 0 Å². The van der Waals surface area contributed by atoms with E-state index in [4.69, 9.17) is 4.74 Å². The Bertz CT molecular complexity index is 594. The third kappa shape index (κ3) is 3.86. The molecular weight excluding hydrogens is 281 g/mol. The number of nitrogens with one attached hydrogen (secondary N) is 1. The minimum absolute atomic E-state index is 0.183. The van der Waals surface area contributed by atoms with E-state index < -0.39 is 0 Å². The fraction of sp³-hybridized carbons (Fsp3) is 0.385. The van der Waals surface area contributed by atoms with Gasteiger partial charge in [-0.05, 0) is 37.6 Å². The average Bonchev–Trinajstić information content (AvgIpc) is 2.81. The highest BCUT2D eigenvalue weighted by molar-refractivity contribution is 7.99. The summed E-state index contributed by atoms with van der Waals surface area (Å²) in [6.45, 7) is 3.04. The van der Waals surface area contributed by atoms with Crippen molar-refractivity contribution in [2.75, 3.05) is 12.4 Å². The van der Waals surface area contributed by atoms with Crippen LogP contribution in [-0.4, -0.2) is 27.1 Å². The van der Waals surface area contributed by atoms with E-state index in [-0.39, 0.29) is 11.5 Å². The number of nitrogens with zero attached hydrogens (tertiary/aromatic N) is 2. The molecule has 0 aliphatic heterocycles. The summed E-state index contributed by atoms with van der Waals surface area (Å²) in [5, 5.41) is 7.08. The molecule has 2 rings (SSSR count). The summed E-state index contributed by atoms with van der Waals surface area (Å²) in [5.74, 6) is 1.18. The van der Waals surface area contributed by atoms with Crippen molar-refractivity contribution in [3.63, 3.8) is 0 Å². The van der Waals surface area contributed by atoms with Crippen LogP contribution in [0.4, 0.5) is 4.39 Å². The molecule has 1 N–H and O–H groups in total. The highest BCUT2D eigenvalue weighted by Crippen LogP contribution is 2.15. The van der Waals surface area contributed by atoms with Gasteiger partial charge in [-0.1, -0.05) is 11.8 Å². The Balaban J connectivity index is 1.71.